The van der Waals surface area contributed by atoms with Crippen LogP contribution in [-0.4, -0.2) is 11.9 Å². The average Bonchev–Trinajstić information content (AvgIpc) is 2.52. The highest BCUT2D eigenvalue weighted by molar-refractivity contribution is 5.92. The summed E-state index contributed by atoms with van der Waals surface area (Å²) in [5.41, 5.74) is 6.45. The van der Waals surface area contributed by atoms with Gasteiger partial charge in [-0.05, 0) is 17.7 Å². The molecule has 0 aliphatic carbocycles. The van der Waals surface area contributed by atoms with Crippen LogP contribution < -0.4 is 22.7 Å². The van der Waals surface area contributed by atoms with Crippen molar-refractivity contribution in [2.24, 2.45) is 5.73 Å². The van der Waals surface area contributed by atoms with E-state index in [4.69, 9.17) is 10.5 Å². The first-order valence-electron chi connectivity index (χ1n) is 6.34. The Kier molecular flexibility index (Phi) is 6.79. The Hall–Kier alpha value is -2.66. The summed E-state index contributed by atoms with van der Waals surface area (Å²) in [5.74, 6) is -0.990. The number of carbonyl (C=O) groups is 2. The molecule has 0 saturated heterocycles. The number of hydrogen-bond acceptors (Lipinski definition) is 3. The zero-order valence-electron chi connectivity index (χ0n) is 11.7. The van der Waals surface area contributed by atoms with Crippen LogP contribution in [0.3, 0.4) is 0 Å². The van der Waals surface area contributed by atoms with Gasteiger partial charge in [-0.1, -0.05) is 30.3 Å². The van der Waals surface area contributed by atoms with Gasteiger partial charge in [-0.15, -0.1) is 0 Å². The maximum Gasteiger partial charge on any atom is 0.335 e. The standard InChI is InChI=1S/C16H14N2O3.ClH/c17-16(20)14-7-4-10-18(11-14)12-21-15(19)9-8-13-5-2-1-3-6-13;/h1-11H,12H2,(H-,17,20);1H. The van der Waals surface area contributed by atoms with Crippen LogP contribution in [0.25, 0.3) is 6.08 Å². The summed E-state index contributed by atoms with van der Waals surface area (Å²) in [6, 6.07) is 12.7. The topological polar surface area (TPSA) is 73.3 Å². The second-order valence-electron chi connectivity index (χ2n) is 4.31. The monoisotopic (exact) mass is 318 g/mol. The Morgan fingerprint density at radius 3 is 2.55 bits per heavy atom. The molecule has 0 aliphatic heterocycles. The van der Waals surface area contributed by atoms with E-state index in [0.29, 0.717) is 5.56 Å². The van der Waals surface area contributed by atoms with Crippen LogP contribution in [-0.2, 0) is 16.3 Å². The highest BCUT2D eigenvalue weighted by atomic mass is 35.5. The Morgan fingerprint density at radius 1 is 1.14 bits per heavy atom. The minimum absolute atomic E-state index is 0. The zero-order chi connectivity index (χ0) is 15.1. The number of esters is 1. The maximum absolute atomic E-state index is 11.6. The Bertz CT molecular complexity index is 672. The lowest BCUT2D eigenvalue weighted by molar-refractivity contribution is -0.727. The molecule has 114 valence electrons. The number of nitrogens with zero attached hydrogens (tertiary/aromatic N) is 1. The zero-order valence-corrected chi connectivity index (χ0v) is 12.4. The van der Waals surface area contributed by atoms with Gasteiger partial charge < -0.3 is 22.9 Å². The molecule has 1 aromatic heterocycles. The molecule has 0 unspecified atom stereocenters. The van der Waals surface area contributed by atoms with E-state index in [1.54, 1.807) is 29.0 Å². The van der Waals surface area contributed by atoms with Crippen molar-refractivity contribution in [3.05, 3.63) is 72.1 Å². The number of rotatable bonds is 5. The number of nitrogens with two attached hydrogens (primary N) is 1. The van der Waals surface area contributed by atoms with Crippen molar-refractivity contribution in [1.82, 2.24) is 0 Å². The van der Waals surface area contributed by atoms with Gasteiger partial charge >= 0.3 is 5.97 Å². The molecule has 2 N–H and O–H groups in total. The highest BCUT2D eigenvalue weighted by Gasteiger charge is 2.08. The van der Waals surface area contributed by atoms with Crippen molar-refractivity contribution in [2.45, 2.75) is 6.73 Å². The number of hydrogen-bond donors (Lipinski definition) is 1. The van der Waals surface area contributed by atoms with E-state index in [1.165, 1.54) is 12.3 Å². The fourth-order valence-corrected chi connectivity index (χ4v) is 1.66. The highest BCUT2D eigenvalue weighted by Crippen LogP contribution is 2.01. The summed E-state index contributed by atoms with van der Waals surface area (Å²) in [4.78, 5) is 22.6. The van der Waals surface area contributed by atoms with Crippen LogP contribution in [0.4, 0.5) is 0 Å². The van der Waals surface area contributed by atoms with E-state index in [0.717, 1.165) is 5.56 Å². The molecular weight excluding hydrogens is 304 g/mol. The molecular formula is C16H15ClN2O3. The van der Waals surface area contributed by atoms with Crippen LogP contribution in [0.15, 0.2) is 60.9 Å². The predicted molar refractivity (Wildman–Crippen MR) is 76.7 cm³/mol. The number of carbonyl (C=O) groups excluding carboxylic acids is 2. The van der Waals surface area contributed by atoms with Crippen LogP contribution in [0.2, 0.25) is 0 Å². The molecule has 1 aromatic carbocycles. The lowest BCUT2D eigenvalue weighted by Crippen LogP contribution is -3.00. The van der Waals surface area contributed by atoms with Gasteiger partial charge in [-0.2, -0.15) is 4.57 Å². The molecule has 0 fully saturated rings. The summed E-state index contributed by atoms with van der Waals surface area (Å²) in [6.07, 6.45) is 6.23. The molecule has 0 radical (unpaired) electrons. The van der Waals surface area contributed by atoms with E-state index < -0.39 is 11.9 Å². The first-order valence-corrected chi connectivity index (χ1v) is 6.34. The van der Waals surface area contributed by atoms with Gasteiger partial charge in [0.2, 0.25) is 0 Å². The van der Waals surface area contributed by atoms with Gasteiger partial charge in [0.1, 0.15) is 5.56 Å². The molecule has 1 heterocycles. The van der Waals surface area contributed by atoms with Gasteiger partial charge in [0.15, 0.2) is 12.4 Å². The second-order valence-corrected chi connectivity index (χ2v) is 4.31. The van der Waals surface area contributed by atoms with Crippen LogP contribution in [0.5, 0.6) is 0 Å². The number of ether oxygens (including phenoxy) is 1. The third-order valence-corrected chi connectivity index (χ3v) is 2.71. The van der Waals surface area contributed by atoms with Crippen molar-refractivity contribution < 1.29 is 31.3 Å². The van der Waals surface area contributed by atoms with Crippen molar-refractivity contribution in [3.63, 3.8) is 0 Å². The van der Waals surface area contributed by atoms with Crippen LogP contribution >= 0.6 is 0 Å². The molecule has 0 atom stereocenters. The first-order chi connectivity index (χ1) is 10.1. The van der Waals surface area contributed by atoms with Crippen molar-refractivity contribution in [3.8, 4) is 0 Å². The van der Waals surface area contributed by atoms with Gasteiger partial charge in [0, 0.05) is 12.1 Å². The SMILES string of the molecule is NC(=O)c1ccc[n+](COC(=O)C=Cc2ccccc2)c1.[Cl-]. The van der Waals surface area contributed by atoms with Crippen molar-refractivity contribution in [2.75, 3.05) is 0 Å². The number of primary amides is 1. The lowest BCUT2D eigenvalue weighted by Gasteiger charge is -1.99. The average molecular weight is 319 g/mol. The van der Waals surface area contributed by atoms with Crippen molar-refractivity contribution >= 4 is 18.0 Å². The number of pyridine rings is 1. The van der Waals surface area contributed by atoms with E-state index in [-0.39, 0.29) is 19.1 Å². The Morgan fingerprint density at radius 2 is 1.86 bits per heavy atom. The largest absolute Gasteiger partial charge is 1.00 e. The van der Waals surface area contributed by atoms with Crippen molar-refractivity contribution in [1.29, 1.82) is 0 Å². The fraction of sp³-hybridized carbons (Fsp3) is 0.0625. The molecule has 0 aliphatic rings. The number of benzene rings is 1. The number of halogens is 1. The summed E-state index contributed by atoms with van der Waals surface area (Å²) in [6.45, 7) is 0.0130. The van der Waals surface area contributed by atoms with Crippen LogP contribution in [0, 0.1) is 0 Å². The normalized spacial score (nSPS) is 10.0. The predicted octanol–water partition coefficient (Wildman–Crippen LogP) is -1.71. The molecule has 2 aromatic rings. The minimum Gasteiger partial charge on any atom is -1.00 e. The molecule has 2 rings (SSSR count). The maximum atomic E-state index is 11.6. The van der Waals surface area contributed by atoms with Gasteiger partial charge in [0.05, 0.1) is 0 Å². The van der Waals surface area contributed by atoms with E-state index in [1.807, 2.05) is 30.3 Å². The molecule has 6 heteroatoms. The summed E-state index contributed by atoms with van der Waals surface area (Å²) < 4.78 is 6.63. The number of amides is 1. The van der Waals surface area contributed by atoms with E-state index in [9.17, 15) is 9.59 Å². The second kappa shape index (κ2) is 8.59. The molecule has 22 heavy (non-hydrogen) atoms. The van der Waals surface area contributed by atoms with E-state index in [2.05, 4.69) is 0 Å². The number of aromatic nitrogens is 1. The molecule has 1 amide bonds. The molecule has 0 bridgehead atoms. The quantitative estimate of drug-likeness (QED) is 0.405. The molecule has 0 spiro atoms. The molecule has 0 saturated carbocycles. The van der Waals surface area contributed by atoms with Gasteiger partial charge in [-0.25, -0.2) is 4.79 Å². The van der Waals surface area contributed by atoms with Gasteiger partial charge in [-0.3, -0.25) is 4.79 Å². The lowest BCUT2D eigenvalue weighted by atomic mass is 10.2. The van der Waals surface area contributed by atoms with Gasteiger partial charge in [0.25, 0.3) is 12.6 Å². The third-order valence-electron chi connectivity index (χ3n) is 2.71. The summed E-state index contributed by atoms with van der Waals surface area (Å²) in [7, 11) is 0. The summed E-state index contributed by atoms with van der Waals surface area (Å²) >= 11 is 0. The summed E-state index contributed by atoms with van der Waals surface area (Å²) in [5, 5.41) is 0. The van der Waals surface area contributed by atoms with Crippen LogP contribution in [0.1, 0.15) is 15.9 Å². The fourth-order valence-electron chi connectivity index (χ4n) is 1.66. The Balaban J connectivity index is 0.00000242. The Labute approximate surface area is 134 Å². The molecule has 5 nitrogen and oxygen atoms in total. The smallest absolute Gasteiger partial charge is 0.335 e. The minimum atomic E-state index is -0.528. The van der Waals surface area contributed by atoms with E-state index >= 15 is 0 Å². The third kappa shape index (κ3) is 5.38. The first kappa shape index (κ1) is 17.4.